The molecule has 1 aliphatic heterocycles. The number of aromatic nitrogens is 3. The fraction of sp³-hybridized carbons (Fsp3) is 0.524. The molecule has 0 bridgehead atoms. The molecule has 1 amide bonds. The van der Waals surface area contributed by atoms with E-state index in [2.05, 4.69) is 15.3 Å². The Kier molecular flexibility index (Phi) is 6.59. The predicted molar refractivity (Wildman–Crippen MR) is 117 cm³/mol. The van der Waals surface area contributed by atoms with Crippen molar-refractivity contribution in [2.75, 3.05) is 23.9 Å². The van der Waals surface area contributed by atoms with E-state index in [0.717, 1.165) is 31.2 Å². The number of carbonyl (C=O) groups is 1. The summed E-state index contributed by atoms with van der Waals surface area (Å²) in [5.41, 5.74) is 1.01. The summed E-state index contributed by atoms with van der Waals surface area (Å²) in [6.07, 6.45) is 7.26. The lowest BCUT2D eigenvalue weighted by Gasteiger charge is -2.38. The normalized spacial score (nSPS) is 21.5. The number of hydrogen-bond acceptors (Lipinski definition) is 7. The van der Waals surface area contributed by atoms with Gasteiger partial charge in [-0.1, -0.05) is 0 Å². The number of carbonyl (C=O) groups excluding carboxylic acids is 1. The van der Waals surface area contributed by atoms with Gasteiger partial charge in [0.15, 0.2) is 11.6 Å². The number of methoxy groups -OCH3 is 1. The zero-order valence-electron chi connectivity index (χ0n) is 17.5. The first-order chi connectivity index (χ1) is 13.9. The van der Waals surface area contributed by atoms with E-state index in [1.54, 1.807) is 39.4 Å². The van der Waals surface area contributed by atoms with E-state index in [0.29, 0.717) is 23.0 Å². The molecule has 0 saturated heterocycles. The van der Waals surface area contributed by atoms with Gasteiger partial charge in [-0.05, 0) is 51.7 Å². The predicted octanol–water partition coefficient (Wildman–Crippen LogP) is 2.90. The summed E-state index contributed by atoms with van der Waals surface area (Å²) in [5, 5.41) is 13.2. The Morgan fingerprint density at radius 1 is 1.17 bits per heavy atom. The van der Waals surface area contributed by atoms with Crippen molar-refractivity contribution in [1.29, 1.82) is 0 Å². The van der Waals surface area contributed by atoms with Crippen molar-refractivity contribution in [3.63, 3.8) is 0 Å². The molecule has 1 aliphatic carbocycles. The van der Waals surface area contributed by atoms with Crippen molar-refractivity contribution < 1.29 is 14.6 Å². The SMILES string of the molecule is COC1CCC(N2C(=O)CNc3ncc(-c4ccc(C(C)(C)O)nc4)nc32)CC1.Cl. The highest BCUT2D eigenvalue weighted by Gasteiger charge is 2.35. The standard InChI is InChI=1S/C21H27N5O3.ClH/c1-21(2,28)17-9-4-13(10-22-17)16-11-23-19-20(25-16)26(18(27)12-24-19)14-5-7-15(29-3)8-6-14;/h4,9-11,14-15,28H,5-8,12H2,1-3H3,(H,23,24);1H. The van der Waals surface area contributed by atoms with E-state index in [4.69, 9.17) is 9.72 Å². The summed E-state index contributed by atoms with van der Waals surface area (Å²) in [7, 11) is 1.74. The van der Waals surface area contributed by atoms with E-state index in [9.17, 15) is 9.90 Å². The molecule has 1 fully saturated rings. The van der Waals surface area contributed by atoms with Gasteiger partial charge >= 0.3 is 0 Å². The Morgan fingerprint density at radius 2 is 1.90 bits per heavy atom. The van der Waals surface area contributed by atoms with Crippen LogP contribution in [-0.4, -0.2) is 51.8 Å². The molecule has 2 aromatic heterocycles. The third-order valence-electron chi connectivity index (χ3n) is 5.69. The Balaban J connectivity index is 0.00000256. The Morgan fingerprint density at radius 3 is 2.50 bits per heavy atom. The number of halogens is 1. The summed E-state index contributed by atoms with van der Waals surface area (Å²) in [6.45, 7) is 3.62. The first-order valence-corrected chi connectivity index (χ1v) is 10.0. The number of anilines is 2. The molecular formula is C21H28ClN5O3. The van der Waals surface area contributed by atoms with Crippen molar-refractivity contribution >= 4 is 29.9 Å². The lowest BCUT2D eigenvalue weighted by molar-refractivity contribution is -0.118. The summed E-state index contributed by atoms with van der Waals surface area (Å²) >= 11 is 0. The van der Waals surface area contributed by atoms with Gasteiger partial charge in [-0.25, -0.2) is 9.97 Å². The van der Waals surface area contributed by atoms with Gasteiger partial charge in [0, 0.05) is 24.9 Å². The fourth-order valence-electron chi connectivity index (χ4n) is 4.00. The number of aliphatic hydroxyl groups is 1. The molecule has 1 saturated carbocycles. The van der Waals surface area contributed by atoms with Gasteiger partial charge in [-0.3, -0.25) is 14.7 Å². The molecule has 4 rings (SSSR count). The molecule has 0 spiro atoms. The smallest absolute Gasteiger partial charge is 0.247 e. The topological polar surface area (TPSA) is 100 Å². The van der Waals surface area contributed by atoms with Crippen molar-refractivity contribution in [2.45, 2.75) is 57.3 Å². The summed E-state index contributed by atoms with van der Waals surface area (Å²) in [5.74, 6) is 1.22. The Bertz CT molecular complexity index is 893. The van der Waals surface area contributed by atoms with Gasteiger partial charge < -0.3 is 15.2 Å². The van der Waals surface area contributed by atoms with Crippen LogP contribution in [0.5, 0.6) is 0 Å². The van der Waals surface area contributed by atoms with Crippen LogP contribution < -0.4 is 10.2 Å². The first kappa shape index (κ1) is 22.4. The van der Waals surface area contributed by atoms with Crippen LogP contribution in [0.4, 0.5) is 11.6 Å². The lowest BCUT2D eigenvalue weighted by Crippen LogP contribution is -2.49. The highest BCUT2D eigenvalue weighted by molar-refractivity contribution is 6.01. The number of amides is 1. The quantitative estimate of drug-likeness (QED) is 0.764. The van der Waals surface area contributed by atoms with Crippen LogP contribution in [0.15, 0.2) is 24.5 Å². The summed E-state index contributed by atoms with van der Waals surface area (Å²) in [6, 6.07) is 3.75. The van der Waals surface area contributed by atoms with Gasteiger partial charge in [0.25, 0.3) is 0 Å². The highest BCUT2D eigenvalue weighted by Crippen LogP contribution is 2.34. The number of nitrogens with one attached hydrogen (secondary N) is 1. The van der Waals surface area contributed by atoms with Crippen LogP contribution in [0.1, 0.15) is 45.2 Å². The van der Waals surface area contributed by atoms with Crippen molar-refractivity contribution in [3.05, 3.63) is 30.2 Å². The van der Waals surface area contributed by atoms with E-state index in [-0.39, 0.29) is 37.0 Å². The van der Waals surface area contributed by atoms with E-state index in [1.165, 1.54) is 0 Å². The zero-order valence-corrected chi connectivity index (χ0v) is 18.3. The van der Waals surface area contributed by atoms with E-state index in [1.807, 2.05) is 11.0 Å². The van der Waals surface area contributed by atoms with Crippen molar-refractivity contribution in [2.24, 2.45) is 0 Å². The lowest BCUT2D eigenvalue weighted by atomic mass is 9.91. The van der Waals surface area contributed by atoms with Crippen LogP contribution in [-0.2, 0) is 15.1 Å². The zero-order chi connectivity index (χ0) is 20.6. The van der Waals surface area contributed by atoms with Crippen molar-refractivity contribution in [3.8, 4) is 11.3 Å². The van der Waals surface area contributed by atoms with E-state index >= 15 is 0 Å². The second-order valence-electron chi connectivity index (χ2n) is 8.20. The molecule has 8 nitrogen and oxygen atoms in total. The minimum Gasteiger partial charge on any atom is -0.384 e. The molecule has 0 atom stereocenters. The van der Waals surface area contributed by atoms with Gasteiger partial charge in [0.1, 0.15) is 5.60 Å². The number of nitrogens with zero attached hydrogens (tertiary/aromatic N) is 4. The third kappa shape index (κ3) is 4.40. The van der Waals surface area contributed by atoms with Crippen LogP contribution >= 0.6 is 12.4 Å². The second-order valence-corrected chi connectivity index (χ2v) is 8.20. The van der Waals surface area contributed by atoms with Gasteiger partial charge in [-0.2, -0.15) is 0 Å². The third-order valence-corrected chi connectivity index (χ3v) is 5.69. The Labute approximate surface area is 182 Å². The maximum absolute atomic E-state index is 12.7. The van der Waals surface area contributed by atoms with Crippen LogP contribution in [0.2, 0.25) is 0 Å². The number of fused-ring (bicyclic) bond motifs is 1. The molecule has 9 heteroatoms. The minimum absolute atomic E-state index is 0. The minimum atomic E-state index is -1.01. The van der Waals surface area contributed by atoms with Gasteiger partial charge in [-0.15, -0.1) is 12.4 Å². The van der Waals surface area contributed by atoms with Gasteiger partial charge in [0.05, 0.1) is 30.2 Å². The molecule has 2 aromatic rings. The molecule has 0 aromatic carbocycles. The second kappa shape index (κ2) is 8.83. The molecule has 2 N–H and O–H groups in total. The average molecular weight is 434 g/mol. The largest absolute Gasteiger partial charge is 0.384 e. The monoisotopic (exact) mass is 433 g/mol. The molecule has 2 aliphatic rings. The maximum Gasteiger partial charge on any atom is 0.247 e. The molecule has 162 valence electrons. The number of rotatable bonds is 4. The molecule has 0 radical (unpaired) electrons. The molecular weight excluding hydrogens is 406 g/mol. The Hall–Kier alpha value is -2.29. The van der Waals surface area contributed by atoms with Crippen LogP contribution in [0, 0.1) is 0 Å². The maximum atomic E-state index is 12.7. The molecule has 30 heavy (non-hydrogen) atoms. The number of ether oxygens (including phenoxy) is 1. The first-order valence-electron chi connectivity index (χ1n) is 10.0. The van der Waals surface area contributed by atoms with Crippen LogP contribution in [0.25, 0.3) is 11.3 Å². The van der Waals surface area contributed by atoms with Crippen LogP contribution in [0.3, 0.4) is 0 Å². The van der Waals surface area contributed by atoms with Crippen molar-refractivity contribution in [1.82, 2.24) is 15.0 Å². The fourth-order valence-corrected chi connectivity index (χ4v) is 4.00. The number of hydrogen-bond donors (Lipinski definition) is 2. The summed E-state index contributed by atoms with van der Waals surface area (Å²) < 4.78 is 5.47. The molecule has 3 heterocycles. The summed E-state index contributed by atoms with van der Waals surface area (Å²) in [4.78, 5) is 28.2. The van der Waals surface area contributed by atoms with E-state index < -0.39 is 5.60 Å². The average Bonchev–Trinajstić information content (AvgIpc) is 2.73. The van der Waals surface area contributed by atoms with Gasteiger partial charge in [0.2, 0.25) is 5.91 Å². The highest BCUT2D eigenvalue weighted by atomic mass is 35.5. The molecule has 0 unspecified atom stereocenters. The number of pyridine rings is 1.